The zero-order chi connectivity index (χ0) is 25.8. The highest BCUT2D eigenvalue weighted by atomic mass is 35.5. The third kappa shape index (κ3) is 5.99. The van der Waals surface area contributed by atoms with Crippen molar-refractivity contribution in [1.82, 2.24) is 0 Å². The molecule has 3 aromatic rings. The van der Waals surface area contributed by atoms with Crippen LogP contribution in [0.25, 0.3) is 6.08 Å². The number of amides is 2. The lowest BCUT2D eigenvalue weighted by Crippen LogP contribution is -2.27. The lowest BCUT2D eigenvalue weighted by molar-refractivity contribution is -0.118. The number of benzene rings is 3. The predicted molar refractivity (Wildman–Crippen MR) is 146 cm³/mol. The van der Waals surface area contributed by atoms with Crippen LogP contribution >= 0.6 is 47.2 Å². The predicted octanol–water partition coefficient (Wildman–Crippen LogP) is 6.56. The fourth-order valence-electron chi connectivity index (χ4n) is 3.24. The summed E-state index contributed by atoms with van der Waals surface area (Å²) in [5, 5.41) is 3.04. The van der Waals surface area contributed by atoms with Crippen molar-refractivity contribution in [2.24, 2.45) is 0 Å². The first kappa shape index (κ1) is 26.0. The van der Waals surface area contributed by atoms with E-state index in [1.165, 1.54) is 35.9 Å². The van der Waals surface area contributed by atoms with Gasteiger partial charge in [-0.25, -0.2) is 4.39 Å². The molecular weight excluding hydrogens is 546 g/mol. The van der Waals surface area contributed by atoms with Crippen molar-refractivity contribution in [1.29, 1.82) is 0 Å². The molecule has 11 heteroatoms. The molecule has 1 saturated heterocycles. The molecule has 184 valence electrons. The zero-order valence-electron chi connectivity index (χ0n) is 18.6. The number of anilines is 2. The van der Waals surface area contributed by atoms with Gasteiger partial charge in [-0.1, -0.05) is 53.2 Å². The van der Waals surface area contributed by atoms with E-state index in [1.54, 1.807) is 48.5 Å². The number of nitrogens with one attached hydrogen (secondary N) is 1. The zero-order valence-corrected chi connectivity index (χ0v) is 21.7. The van der Waals surface area contributed by atoms with Gasteiger partial charge in [0.2, 0.25) is 0 Å². The van der Waals surface area contributed by atoms with E-state index in [-0.39, 0.29) is 17.5 Å². The van der Waals surface area contributed by atoms with Crippen molar-refractivity contribution in [3.8, 4) is 11.5 Å². The van der Waals surface area contributed by atoms with E-state index in [1.807, 2.05) is 0 Å². The van der Waals surface area contributed by atoms with Gasteiger partial charge in [-0.05, 0) is 66.2 Å². The van der Waals surface area contributed by atoms with Crippen LogP contribution in [0.1, 0.15) is 5.56 Å². The summed E-state index contributed by atoms with van der Waals surface area (Å²) in [5.74, 6) is -0.591. The first-order chi connectivity index (χ1) is 17.2. The van der Waals surface area contributed by atoms with Crippen LogP contribution in [0.2, 0.25) is 10.0 Å². The largest absolute Gasteiger partial charge is 0.493 e. The lowest BCUT2D eigenvalue weighted by Gasteiger charge is -2.14. The van der Waals surface area contributed by atoms with Crippen LogP contribution in [-0.4, -0.2) is 29.9 Å². The molecule has 1 heterocycles. The summed E-state index contributed by atoms with van der Waals surface area (Å²) < 4.78 is 24.7. The summed E-state index contributed by atoms with van der Waals surface area (Å²) in [7, 11) is 1.46. The number of nitrogens with zero attached hydrogens (tertiary/aromatic N) is 1. The molecule has 4 rings (SSSR count). The summed E-state index contributed by atoms with van der Waals surface area (Å²) >= 11 is 18.3. The van der Waals surface area contributed by atoms with E-state index in [4.69, 9.17) is 44.9 Å². The minimum atomic E-state index is -0.581. The molecule has 36 heavy (non-hydrogen) atoms. The summed E-state index contributed by atoms with van der Waals surface area (Å²) in [6.07, 6.45) is 1.70. The van der Waals surface area contributed by atoms with E-state index in [0.717, 1.165) is 6.07 Å². The molecule has 0 bridgehead atoms. The van der Waals surface area contributed by atoms with Gasteiger partial charge < -0.3 is 14.8 Å². The molecule has 0 aliphatic carbocycles. The van der Waals surface area contributed by atoms with E-state index in [2.05, 4.69) is 5.32 Å². The number of rotatable bonds is 7. The summed E-state index contributed by atoms with van der Waals surface area (Å²) in [6.45, 7) is -0.315. The first-order valence-electron chi connectivity index (χ1n) is 10.3. The maximum atomic E-state index is 13.3. The standard InChI is InChI=1S/C25H17Cl2FN2O4S2/c1-33-21-10-14(11-22-24(32)30(25(35)36-22)17-6-3-15(26)4-7-17)2-9-20(21)34-13-23(31)29-16-5-8-19(28)18(27)12-16/h2-12H,13H2,1H3,(H,29,31)/b22-11-. The van der Waals surface area contributed by atoms with Gasteiger partial charge in [0.25, 0.3) is 11.8 Å². The average molecular weight is 563 g/mol. The molecule has 1 aliphatic rings. The summed E-state index contributed by atoms with van der Waals surface area (Å²) in [6, 6.07) is 15.7. The van der Waals surface area contributed by atoms with E-state index in [9.17, 15) is 14.0 Å². The monoisotopic (exact) mass is 562 g/mol. The second kappa shape index (κ2) is 11.3. The number of thioether (sulfide) groups is 1. The Morgan fingerprint density at radius 2 is 1.86 bits per heavy atom. The number of carbonyl (C=O) groups excluding carboxylic acids is 2. The number of methoxy groups -OCH3 is 1. The fourth-order valence-corrected chi connectivity index (χ4v) is 4.84. The van der Waals surface area contributed by atoms with Gasteiger partial charge in [0.15, 0.2) is 22.4 Å². The highest BCUT2D eigenvalue weighted by molar-refractivity contribution is 8.27. The minimum absolute atomic E-state index is 0.101. The van der Waals surface area contributed by atoms with Crippen LogP contribution in [0.5, 0.6) is 11.5 Å². The Balaban J connectivity index is 1.44. The van der Waals surface area contributed by atoms with Crippen LogP contribution in [0.4, 0.5) is 15.8 Å². The SMILES string of the molecule is COc1cc(/C=C2\SC(=S)N(c3ccc(Cl)cc3)C2=O)ccc1OCC(=O)Nc1ccc(F)c(Cl)c1. The van der Waals surface area contributed by atoms with Crippen LogP contribution in [0, 0.1) is 5.82 Å². The van der Waals surface area contributed by atoms with Crippen molar-refractivity contribution in [2.75, 3.05) is 23.9 Å². The minimum Gasteiger partial charge on any atom is -0.493 e. The quantitative estimate of drug-likeness (QED) is 0.259. The Labute approximate surface area is 226 Å². The number of thiocarbonyl (C=S) groups is 1. The van der Waals surface area contributed by atoms with Gasteiger partial charge in [0.05, 0.1) is 22.7 Å². The van der Waals surface area contributed by atoms with Crippen molar-refractivity contribution in [3.63, 3.8) is 0 Å². The van der Waals surface area contributed by atoms with Crippen LogP contribution < -0.4 is 19.7 Å². The third-order valence-electron chi connectivity index (χ3n) is 4.93. The van der Waals surface area contributed by atoms with Gasteiger partial charge in [-0.3, -0.25) is 14.5 Å². The number of carbonyl (C=O) groups is 2. The second-order valence-electron chi connectivity index (χ2n) is 7.37. The highest BCUT2D eigenvalue weighted by Gasteiger charge is 2.33. The van der Waals surface area contributed by atoms with E-state index in [0.29, 0.717) is 42.7 Å². The Hall–Kier alpha value is -3.11. The molecule has 2 amide bonds. The maximum Gasteiger partial charge on any atom is 0.270 e. The van der Waals surface area contributed by atoms with Crippen molar-refractivity contribution >= 4 is 80.8 Å². The molecule has 0 spiro atoms. The first-order valence-corrected chi connectivity index (χ1v) is 12.3. The average Bonchev–Trinajstić information content (AvgIpc) is 3.13. The Kier molecular flexibility index (Phi) is 8.15. The summed E-state index contributed by atoms with van der Waals surface area (Å²) in [5.41, 5.74) is 1.65. The number of ether oxygens (including phenoxy) is 2. The molecule has 1 aliphatic heterocycles. The Morgan fingerprint density at radius 3 is 2.56 bits per heavy atom. The molecule has 0 radical (unpaired) electrons. The van der Waals surface area contributed by atoms with Gasteiger partial charge in [-0.2, -0.15) is 0 Å². The lowest BCUT2D eigenvalue weighted by atomic mass is 10.2. The Morgan fingerprint density at radius 1 is 1.11 bits per heavy atom. The van der Waals surface area contributed by atoms with Crippen LogP contribution in [-0.2, 0) is 9.59 Å². The van der Waals surface area contributed by atoms with Crippen molar-refractivity contribution in [3.05, 3.63) is 87.0 Å². The number of hydrogen-bond acceptors (Lipinski definition) is 6. The van der Waals surface area contributed by atoms with Gasteiger partial charge in [-0.15, -0.1) is 0 Å². The second-order valence-corrected chi connectivity index (χ2v) is 9.89. The molecule has 0 saturated carbocycles. The van der Waals surface area contributed by atoms with Crippen molar-refractivity contribution in [2.45, 2.75) is 0 Å². The van der Waals surface area contributed by atoms with Crippen LogP contribution in [0.15, 0.2) is 65.6 Å². The fraction of sp³-hybridized carbons (Fsp3) is 0.0800. The Bertz CT molecular complexity index is 1380. The van der Waals surface area contributed by atoms with E-state index < -0.39 is 11.7 Å². The molecular formula is C25H17Cl2FN2O4S2. The van der Waals surface area contributed by atoms with Gasteiger partial charge in [0, 0.05) is 10.7 Å². The third-order valence-corrected chi connectivity index (χ3v) is 6.77. The van der Waals surface area contributed by atoms with E-state index >= 15 is 0 Å². The number of hydrogen-bond donors (Lipinski definition) is 1. The number of halogens is 3. The highest BCUT2D eigenvalue weighted by Crippen LogP contribution is 2.37. The maximum absolute atomic E-state index is 13.3. The molecule has 3 aromatic carbocycles. The molecule has 0 atom stereocenters. The van der Waals surface area contributed by atoms with Gasteiger partial charge >= 0.3 is 0 Å². The van der Waals surface area contributed by atoms with Crippen molar-refractivity contribution < 1.29 is 23.5 Å². The molecule has 6 nitrogen and oxygen atoms in total. The molecule has 1 N–H and O–H groups in total. The molecule has 1 fully saturated rings. The molecule has 0 aromatic heterocycles. The van der Waals surface area contributed by atoms with Gasteiger partial charge in [0.1, 0.15) is 5.82 Å². The normalized spacial score (nSPS) is 14.3. The smallest absolute Gasteiger partial charge is 0.270 e. The molecule has 0 unspecified atom stereocenters. The topological polar surface area (TPSA) is 67.9 Å². The summed E-state index contributed by atoms with van der Waals surface area (Å²) in [4.78, 5) is 27.1. The van der Waals surface area contributed by atoms with Crippen LogP contribution in [0.3, 0.4) is 0 Å².